The van der Waals surface area contributed by atoms with Crippen LogP contribution in [-0.4, -0.2) is 36.6 Å². The number of nitrogens with zero attached hydrogens (tertiary/aromatic N) is 1. The molecule has 1 unspecified atom stereocenters. The minimum Gasteiger partial charge on any atom is -0.493 e. The quantitative estimate of drug-likeness (QED) is 0.798. The van der Waals surface area contributed by atoms with Gasteiger partial charge in [0.1, 0.15) is 0 Å². The van der Waals surface area contributed by atoms with Crippen LogP contribution in [0.25, 0.3) is 0 Å². The summed E-state index contributed by atoms with van der Waals surface area (Å²) >= 11 is 6.66. The number of aryl methyl sites for hydroxylation is 1. The van der Waals surface area contributed by atoms with Gasteiger partial charge >= 0.3 is 0 Å². The minimum atomic E-state index is 0.0829. The van der Waals surface area contributed by atoms with Gasteiger partial charge in [-0.3, -0.25) is 4.79 Å². The van der Waals surface area contributed by atoms with Crippen molar-refractivity contribution in [3.63, 3.8) is 0 Å². The Bertz CT molecular complexity index is 828. The number of ether oxygens (including phenoxy) is 2. The van der Waals surface area contributed by atoms with E-state index in [-0.39, 0.29) is 11.9 Å². The van der Waals surface area contributed by atoms with Crippen LogP contribution in [0.4, 0.5) is 0 Å². The van der Waals surface area contributed by atoms with Crippen LogP contribution in [0.2, 0.25) is 0 Å². The van der Waals surface area contributed by atoms with Gasteiger partial charge in [0.05, 0.1) is 26.7 Å². The van der Waals surface area contributed by atoms with Crippen molar-refractivity contribution in [2.75, 3.05) is 20.8 Å². The van der Waals surface area contributed by atoms with Crippen molar-refractivity contribution in [1.29, 1.82) is 0 Å². The normalized spacial score (nSPS) is 16.9. The van der Waals surface area contributed by atoms with Gasteiger partial charge in [0.15, 0.2) is 15.5 Å². The molecule has 1 aromatic carbocycles. The van der Waals surface area contributed by atoms with Gasteiger partial charge in [0.25, 0.3) is 0 Å². The van der Waals surface area contributed by atoms with Crippen molar-refractivity contribution >= 4 is 29.5 Å². The van der Waals surface area contributed by atoms with Gasteiger partial charge in [-0.1, -0.05) is 6.07 Å². The topological polar surface area (TPSA) is 54.6 Å². The zero-order chi connectivity index (χ0) is 18.0. The second-order valence-electron chi connectivity index (χ2n) is 6.10. The Hall–Kier alpha value is -1.86. The number of hydrogen-bond acceptors (Lipinski definition) is 5. The number of H-pyrrole nitrogens is 1. The Morgan fingerprint density at radius 3 is 2.76 bits per heavy atom. The molecule has 0 aliphatic carbocycles. The number of rotatable bonds is 5. The molecule has 1 N–H and O–H groups in total. The third-order valence-electron chi connectivity index (χ3n) is 4.60. The van der Waals surface area contributed by atoms with Crippen LogP contribution >= 0.6 is 23.6 Å². The Morgan fingerprint density at radius 2 is 2.12 bits per heavy atom. The lowest BCUT2D eigenvalue weighted by atomic mass is 10.0. The summed E-state index contributed by atoms with van der Waals surface area (Å²) in [5.41, 5.74) is 2.08. The van der Waals surface area contributed by atoms with E-state index in [2.05, 4.69) is 4.98 Å². The molecule has 1 aromatic heterocycles. The average molecular weight is 379 g/mol. The molecule has 7 heteroatoms. The van der Waals surface area contributed by atoms with Crippen molar-refractivity contribution in [3.05, 3.63) is 38.3 Å². The molecule has 0 spiro atoms. The van der Waals surface area contributed by atoms with Crippen molar-refractivity contribution in [2.24, 2.45) is 0 Å². The Balaban J connectivity index is 1.81. The van der Waals surface area contributed by atoms with Gasteiger partial charge in [-0.25, -0.2) is 0 Å². The zero-order valence-electron chi connectivity index (χ0n) is 14.6. The summed E-state index contributed by atoms with van der Waals surface area (Å²) in [7, 11) is 3.25. The highest BCUT2D eigenvalue weighted by molar-refractivity contribution is 7.73. The highest BCUT2D eigenvalue weighted by Crippen LogP contribution is 2.37. The van der Waals surface area contributed by atoms with Gasteiger partial charge in [-0.05, 0) is 49.7 Å². The maximum atomic E-state index is 12.9. The predicted molar refractivity (Wildman–Crippen MR) is 101 cm³/mol. The fourth-order valence-corrected chi connectivity index (χ4v) is 4.60. The van der Waals surface area contributed by atoms with E-state index in [4.69, 9.17) is 21.7 Å². The SMILES string of the molecule is COc1ccc(C2CCCN2C(=O)Cc2sc(=S)[nH]c2C)cc1OC. The number of nitrogens with one attached hydrogen (secondary N) is 1. The fraction of sp³-hybridized carbons (Fsp3) is 0.444. The summed E-state index contributed by atoms with van der Waals surface area (Å²) in [6.45, 7) is 2.75. The second kappa shape index (κ2) is 7.58. The van der Waals surface area contributed by atoms with E-state index in [9.17, 15) is 4.79 Å². The summed E-state index contributed by atoms with van der Waals surface area (Å²) < 4.78 is 11.4. The maximum Gasteiger partial charge on any atom is 0.228 e. The molecule has 25 heavy (non-hydrogen) atoms. The van der Waals surface area contributed by atoms with Gasteiger partial charge in [-0.2, -0.15) is 0 Å². The van der Waals surface area contributed by atoms with Crippen LogP contribution in [0.15, 0.2) is 18.2 Å². The Labute approximate surface area is 156 Å². The number of aromatic amines is 1. The van der Waals surface area contributed by atoms with Gasteiger partial charge < -0.3 is 19.4 Å². The molecule has 2 aromatic rings. The largest absolute Gasteiger partial charge is 0.493 e. The van der Waals surface area contributed by atoms with Crippen LogP contribution in [0.1, 0.15) is 35.0 Å². The first-order chi connectivity index (χ1) is 12.0. The first kappa shape index (κ1) is 17.9. The number of thiazole rings is 1. The molecule has 1 aliphatic rings. The van der Waals surface area contributed by atoms with E-state index >= 15 is 0 Å². The lowest BCUT2D eigenvalue weighted by molar-refractivity contribution is -0.131. The molecule has 5 nitrogen and oxygen atoms in total. The molecule has 0 bridgehead atoms. The Morgan fingerprint density at radius 1 is 1.36 bits per heavy atom. The molecule has 0 radical (unpaired) electrons. The van der Waals surface area contributed by atoms with E-state index in [0.29, 0.717) is 17.9 Å². The summed E-state index contributed by atoms with van der Waals surface area (Å²) in [4.78, 5) is 19.0. The number of benzene rings is 1. The number of likely N-dealkylation sites (tertiary alicyclic amines) is 1. The van der Waals surface area contributed by atoms with E-state index in [1.54, 1.807) is 14.2 Å². The van der Waals surface area contributed by atoms with Crippen molar-refractivity contribution in [2.45, 2.75) is 32.2 Å². The third kappa shape index (κ3) is 3.72. The molecule has 3 rings (SSSR count). The fourth-order valence-electron chi connectivity index (χ4n) is 3.32. The first-order valence-electron chi connectivity index (χ1n) is 8.23. The summed E-state index contributed by atoms with van der Waals surface area (Å²) in [5.74, 6) is 1.54. The zero-order valence-corrected chi connectivity index (χ0v) is 16.3. The number of carbonyl (C=O) groups excluding carboxylic acids is 1. The highest BCUT2D eigenvalue weighted by atomic mass is 32.1. The van der Waals surface area contributed by atoms with Gasteiger partial charge in [0, 0.05) is 17.1 Å². The predicted octanol–water partition coefficient (Wildman–Crippen LogP) is 4.04. The number of amides is 1. The van der Waals surface area contributed by atoms with Crippen LogP contribution in [-0.2, 0) is 11.2 Å². The molecule has 1 saturated heterocycles. The number of carbonyl (C=O) groups is 1. The average Bonchev–Trinajstić information content (AvgIpc) is 3.21. The minimum absolute atomic E-state index is 0.0829. The lowest BCUT2D eigenvalue weighted by Crippen LogP contribution is -2.31. The van der Waals surface area contributed by atoms with Crippen LogP contribution < -0.4 is 9.47 Å². The standard InChI is InChI=1S/C18H22N2O3S2/c1-11-16(25-18(24)19-11)10-17(21)20-8-4-5-13(20)12-6-7-14(22-2)15(9-12)23-3/h6-7,9,13H,4-5,8,10H2,1-3H3,(H,19,24). The van der Waals surface area contributed by atoms with Gasteiger partial charge in [-0.15, -0.1) is 11.3 Å². The van der Waals surface area contributed by atoms with Crippen molar-refractivity contribution in [3.8, 4) is 11.5 Å². The van der Waals surface area contributed by atoms with Crippen LogP contribution in [0, 0.1) is 10.9 Å². The molecular weight excluding hydrogens is 356 g/mol. The van der Waals surface area contributed by atoms with Gasteiger partial charge in [0.2, 0.25) is 5.91 Å². The molecule has 2 heterocycles. The van der Waals surface area contributed by atoms with E-state index < -0.39 is 0 Å². The third-order valence-corrected chi connectivity index (χ3v) is 5.94. The number of aromatic nitrogens is 1. The second-order valence-corrected chi connectivity index (χ2v) is 7.87. The van der Waals surface area contributed by atoms with E-state index in [1.807, 2.05) is 30.0 Å². The molecule has 1 atom stereocenters. The van der Waals surface area contributed by atoms with E-state index in [1.165, 1.54) is 11.3 Å². The van der Waals surface area contributed by atoms with Crippen molar-refractivity contribution < 1.29 is 14.3 Å². The summed E-state index contributed by atoms with van der Waals surface area (Å²) in [6, 6.07) is 5.97. The first-order valence-corrected chi connectivity index (χ1v) is 9.46. The number of hydrogen-bond donors (Lipinski definition) is 1. The monoisotopic (exact) mass is 378 g/mol. The Kier molecular flexibility index (Phi) is 5.44. The summed E-state index contributed by atoms with van der Waals surface area (Å²) in [5, 5.41) is 0. The van der Waals surface area contributed by atoms with Crippen molar-refractivity contribution in [1.82, 2.24) is 9.88 Å². The molecule has 0 saturated carbocycles. The molecule has 1 amide bonds. The molecule has 1 fully saturated rings. The maximum absolute atomic E-state index is 12.9. The lowest BCUT2D eigenvalue weighted by Gasteiger charge is -2.25. The summed E-state index contributed by atoms with van der Waals surface area (Å²) in [6.07, 6.45) is 2.36. The number of methoxy groups -OCH3 is 2. The molecule has 134 valence electrons. The highest BCUT2D eigenvalue weighted by Gasteiger charge is 2.30. The van der Waals surface area contributed by atoms with Crippen LogP contribution in [0.3, 0.4) is 0 Å². The molecular formula is C18H22N2O3S2. The molecule has 1 aliphatic heterocycles. The smallest absolute Gasteiger partial charge is 0.228 e. The van der Waals surface area contributed by atoms with Crippen LogP contribution in [0.5, 0.6) is 11.5 Å². The van der Waals surface area contributed by atoms with E-state index in [0.717, 1.165) is 39.5 Å².